The molecule has 0 aliphatic carbocycles. The number of hydrogen-bond acceptors (Lipinski definition) is 4. The number of amides is 2. The van der Waals surface area contributed by atoms with E-state index in [0.29, 0.717) is 10.7 Å². The highest BCUT2D eigenvalue weighted by atomic mass is 35.5. The fourth-order valence-electron chi connectivity index (χ4n) is 3.73. The number of anilines is 2. The van der Waals surface area contributed by atoms with Gasteiger partial charge < -0.3 is 10.2 Å². The van der Waals surface area contributed by atoms with Crippen LogP contribution in [0.2, 0.25) is 5.02 Å². The molecule has 158 valence electrons. The SMILES string of the molecule is Cc1ccc(Cl)cc1NC(=O)Cn1nc(C(=O)N2c3ccccc3C[C@@H]2C)ccc1=O. The van der Waals surface area contributed by atoms with Crippen molar-refractivity contribution >= 4 is 34.8 Å². The number of para-hydroxylation sites is 1. The third-order valence-corrected chi connectivity index (χ3v) is 5.51. The molecule has 31 heavy (non-hydrogen) atoms. The van der Waals surface area contributed by atoms with Gasteiger partial charge in [-0.3, -0.25) is 14.4 Å². The van der Waals surface area contributed by atoms with Gasteiger partial charge >= 0.3 is 0 Å². The Hall–Kier alpha value is -3.45. The number of fused-ring (bicyclic) bond motifs is 1. The van der Waals surface area contributed by atoms with Crippen molar-refractivity contribution < 1.29 is 9.59 Å². The van der Waals surface area contributed by atoms with Crippen LogP contribution in [-0.4, -0.2) is 27.6 Å². The molecule has 1 atom stereocenters. The average Bonchev–Trinajstić information content (AvgIpc) is 3.07. The van der Waals surface area contributed by atoms with E-state index in [-0.39, 0.29) is 24.2 Å². The lowest BCUT2D eigenvalue weighted by Gasteiger charge is -2.22. The van der Waals surface area contributed by atoms with Crippen molar-refractivity contribution in [1.29, 1.82) is 0 Å². The summed E-state index contributed by atoms with van der Waals surface area (Å²) in [7, 11) is 0. The highest BCUT2D eigenvalue weighted by molar-refractivity contribution is 6.31. The zero-order valence-electron chi connectivity index (χ0n) is 17.1. The third-order valence-electron chi connectivity index (χ3n) is 5.28. The van der Waals surface area contributed by atoms with Gasteiger partial charge in [-0.05, 0) is 55.7 Å². The highest BCUT2D eigenvalue weighted by Gasteiger charge is 2.32. The highest BCUT2D eigenvalue weighted by Crippen LogP contribution is 2.32. The van der Waals surface area contributed by atoms with Gasteiger partial charge in [0.25, 0.3) is 11.5 Å². The zero-order valence-corrected chi connectivity index (χ0v) is 17.9. The summed E-state index contributed by atoms with van der Waals surface area (Å²) in [5.74, 6) is -0.748. The van der Waals surface area contributed by atoms with Crippen LogP contribution in [0.25, 0.3) is 0 Å². The molecular weight excluding hydrogens is 416 g/mol. The molecule has 1 aromatic heterocycles. The molecule has 3 aromatic rings. The maximum absolute atomic E-state index is 13.2. The van der Waals surface area contributed by atoms with Crippen LogP contribution < -0.4 is 15.8 Å². The summed E-state index contributed by atoms with van der Waals surface area (Å²) in [4.78, 5) is 39.6. The van der Waals surface area contributed by atoms with Crippen molar-refractivity contribution in [3.8, 4) is 0 Å². The second kappa shape index (κ2) is 8.35. The molecule has 4 rings (SSSR count). The van der Waals surface area contributed by atoms with Gasteiger partial charge in [-0.2, -0.15) is 5.10 Å². The van der Waals surface area contributed by atoms with Crippen LogP contribution in [0.4, 0.5) is 11.4 Å². The van der Waals surface area contributed by atoms with Crippen LogP contribution in [0.5, 0.6) is 0 Å². The van der Waals surface area contributed by atoms with Gasteiger partial charge in [-0.1, -0.05) is 35.9 Å². The number of nitrogens with zero attached hydrogens (tertiary/aromatic N) is 3. The summed E-state index contributed by atoms with van der Waals surface area (Å²) in [5.41, 5.74) is 2.96. The second-order valence-corrected chi connectivity index (χ2v) is 8.02. The zero-order chi connectivity index (χ0) is 22.1. The minimum absolute atomic E-state index is 0.0267. The Morgan fingerprint density at radius 1 is 1.16 bits per heavy atom. The predicted octanol–water partition coefficient (Wildman–Crippen LogP) is 3.44. The van der Waals surface area contributed by atoms with Crippen molar-refractivity contribution in [2.24, 2.45) is 0 Å². The molecule has 0 radical (unpaired) electrons. The molecule has 0 fully saturated rings. The largest absolute Gasteiger partial charge is 0.324 e. The quantitative estimate of drug-likeness (QED) is 0.679. The van der Waals surface area contributed by atoms with E-state index in [2.05, 4.69) is 10.4 Å². The molecule has 1 N–H and O–H groups in total. The fraction of sp³-hybridized carbons (Fsp3) is 0.217. The molecule has 0 saturated heterocycles. The minimum Gasteiger partial charge on any atom is -0.324 e. The number of benzene rings is 2. The number of carbonyl (C=O) groups is 2. The smallest absolute Gasteiger partial charge is 0.278 e. The van der Waals surface area contributed by atoms with E-state index in [1.807, 2.05) is 38.1 Å². The van der Waals surface area contributed by atoms with Crippen molar-refractivity contribution in [1.82, 2.24) is 9.78 Å². The first kappa shape index (κ1) is 20.8. The van der Waals surface area contributed by atoms with Gasteiger partial charge in [0.05, 0.1) is 0 Å². The number of carbonyl (C=O) groups excluding carboxylic acids is 2. The first-order valence-electron chi connectivity index (χ1n) is 9.89. The Morgan fingerprint density at radius 3 is 2.74 bits per heavy atom. The third kappa shape index (κ3) is 4.22. The van der Waals surface area contributed by atoms with E-state index in [0.717, 1.165) is 27.9 Å². The van der Waals surface area contributed by atoms with E-state index in [1.165, 1.54) is 12.1 Å². The topological polar surface area (TPSA) is 84.3 Å². The summed E-state index contributed by atoms with van der Waals surface area (Å²) in [5, 5.41) is 7.39. The van der Waals surface area contributed by atoms with Crippen LogP contribution in [0.1, 0.15) is 28.5 Å². The summed E-state index contributed by atoms with van der Waals surface area (Å²) in [6.07, 6.45) is 0.753. The Morgan fingerprint density at radius 2 is 1.94 bits per heavy atom. The molecule has 1 aliphatic rings. The summed E-state index contributed by atoms with van der Waals surface area (Å²) in [6, 6.07) is 15.5. The molecule has 0 saturated carbocycles. The molecule has 8 heteroatoms. The Bertz CT molecular complexity index is 1240. The van der Waals surface area contributed by atoms with E-state index in [4.69, 9.17) is 11.6 Å². The molecule has 0 spiro atoms. The number of nitrogens with one attached hydrogen (secondary N) is 1. The van der Waals surface area contributed by atoms with E-state index < -0.39 is 11.5 Å². The van der Waals surface area contributed by atoms with Crippen LogP contribution >= 0.6 is 11.6 Å². The van der Waals surface area contributed by atoms with Crippen molar-refractivity contribution in [2.45, 2.75) is 32.9 Å². The monoisotopic (exact) mass is 436 g/mol. The number of aromatic nitrogens is 2. The normalized spacial score (nSPS) is 14.9. The Kier molecular flexibility index (Phi) is 5.61. The lowest BCUT2D eigenvalue weighted by atomic mass is 10.1. The van der Waals surface area contributed by atoms with Crippen LogP contribution in [0, 0.1) is 6.92 Å². The molecule has 2 heterocycles. The van der Waals surface area contributed by atoms with Crippen LogP contribution in [0.15, 0.2) is 59.4 Å². The summed E-state index contributed by atoms with van der Waals surface area (Å²) < 4.78 is 0.995. The summed E-state index contributed by atoms with van der Waals surface area (Å²) >= 11 is 5.99. The molecule has 7 nitrogen and oxygen atoms in total. The predicted molar refractivity (Wildman–Crippen MR) is 120 cm³/mol. The maximum Gasteiger partial charge on any atom is 0.278 e. The average molecular weight is 437 g/mol. The summed E-state index contributed by atoms with van der Waals surface area (Å²) in [6.45, 7) is 3.48. The van der Waals surface area contributed by atoms with Crippen LogP contribution in [-0.2, 0) is 17.8 Å². The Balaban J connectivity index is 1.56. The van der Waals surface area contributed by atoms with Crippen molar-refractivity contribution in [3.05, 3.63) is 86.8 Å². The number of rotatable bonds is 4. The number of hydrogen-bond donors (Lipinski definition) is 1. The molecule has 0 bridgehead atoms. The Labute approximate surface area is 184 Å². The van der Waals surface area contributed by atoms with E-state index in [1.54, 1.807) is 23.1 Å². The van der Waals surface area contributed by atoms with Crippen molar-refractivity contribution in [2.75, 3.05) is 10.2 Å². The van der Waals surface area contributed by atoms with E-state index in [9.17, 15) is 14.4 Å². The lowest BCUT2D eigenvalue weighted by molar-refractivity contribution is -0.117. The minimum atomic E-state index is -0.468. The molecule has 2 amide bonds. The van der Waals surface area contributed by atoms with Gasteiger partial charge in [-0.25, -0.2) is 4.68 Å². The second-order valence-electron chi connectivity index (χ2n) is 7.58. The van der Waals surface area contributed by atoms with Gasteiger partial charge in [0.2, 0.25) is 5.91 Å². The number of aryl methyl sites for hydroxylation is 1. The van der Waals surface area contributed by atoms with Gasteiger partial charge in [0.1, 0.15) is 12.2 Å². The molecule has 2 aromatic carbocycles. The van der Waals surface area contributed by atoms with E-state index >= 15 is 0 Å². The molecular formula is C23H21ClN4O3. The van der Waals surface area contributed by atoms with Gasteiger partial charge in [0, 0.05) is 28.5 Å². The first-order valence-corrected chi connectivity index (χ1v) is 10.3. The molecule has 0 unspecified atom stereocenters. The van der Waals surface area contributed by atoms with Crippen LogP contribution in [0.3, 0.4) is 0 Å². The van der Waals surface area contributed by atoms with Gasteiger partial charge in [-0.15, -0.1) is 0 Å². The number of halogens is 1. The fourth-order valence-corrected chi connectivity index (χ4v) is 3.90. The standard InChI is InChI=1S/C23H21ClN4O3/c1-14-7-8-17(24)12-19(14)25-21(29)13-27-22(30)10-9-18(26-27)23(31)28-15(2)11-16-5-3-4-6-20(16)28/h3-10,12,15H,11,13H2,1-2H3,(H,25,29)/t15-/m0/s1. The van der Waals surface area contributed by atoms with Gasteiger partial charge in [0.15, 0.2) is 0 Å². The van der Waals surface area contributed by atoms with Crippen molar-refractivity contribution in [3.63, 3.8) is 0 Å². The lowest BCUT2D eigenvalue weighted by Crippen LogP contribution is -2.38. The molecule has 1 aliphatic heterocycles. The first-order chi connectivity index (χ1) is 14.8. The maximum atomic E-state index is 13.2.